The van der Waals surface area contributed by atoms with E-state index < -0.39 is 5.97 Å². The zero-order valence-corrected chi connectivity index (χ0v) is 10.1. The number of H-pyrrole nitrogens is 1. The van der Waals surface area contributed by atoms with Crippen LogP contribution < -0.4 is 0 Å². The molecule has 0 fully saturated rings. The fourth-order valence-corrected chi connectivity index (χ4v) is 2.21. The van der Waals surface area contributed by atoms with Crippen LogP contribution in [0.1, 0.15) is 0 Å². The van der Waals surface area contributed by atoms with Crippen LogP contribution in [0.5, 0.6) is 0 Å². The van der Waals surface area contributed by atoms with Gasteiger partial charge in [-0.1, -0.05) is 0 Å². The number of carbonyl (C=O) groups is 1. The van der Waals surface area contributed by atoms with Gasteiger partial charge in [0.1, 0.15) is 23.4 Å². The van der Waals surface area contributed by atoms with Gasteiger partial charge in [0, 0.05) is 0 Å². The third-order valence-corrected chi connectivity index (χ3v) is 3.14. The van der Waals surface area contributed by atoms with Crippen molar-refractivity contribution in [3.8, 4) is 0 Å². The van der Waals surface area contributed by atoms with E-state index in [2.05, 4.69) is 35.5 Å². The Bertz CT molecular complexity index is 737. The molecule has 3 aromatic heterocycles. The summed E-state index contributed by atoms with van der Waals surface area (Å²) in [6, 6.07) is 0. The summed E-state index contributed by atoms with van der Waals surface area (Å²) >= 11 is 1.14. The van der Waals surface area contributed by atoms with Crippen molar-refractivity contribution in [1.29, 1.82) is 0 Å². The van der Waals surface area contributed by atoms with Crippen molar-refractivity contribution in [3.05, 3.63) is 12.7 Å². The van der Waals surface area contributed by atoms with Crippen LogP contribution in [-0.2, 0) is 11.3 Å². The molecule has 3 rings (SSSR count). The fourth-order valence-electron chi connectivity index (χ4n) is 1.40. The van der Waals surface area contributed by atoms with Crippen molar-refractivity contribution in [2.45, 2.75) is 16.7 Å². The molecule has 11 heteroatoms. The average molecular weight is 278 g/mol. The number of aromatic nitrogens is 8. The van der Waals surface area contributed by atoms with Gasteiger partial charge in [0.05, 0.1) is 6.33 Å². The highest BCUT2D eigenvalue weighted by Crippen LogP contribution is 2.27. The molecule has 0 saturated heterocycles. The molecule has 2 N–H and O–H groups in total. The van der Waals surface area contributed by atoms with Gasteiger partial charge in [0.15, 0.2) is 5.65 Å². The normalized spacial score (nSPS) is 10.9. The Morgan fingerprint density at radius 1 is 1.42 bits per heavy atom. The topological polar surface area (TPSA) is 135 Å². The Morgan fingerprint density at radius 3 is 3.16 bits per heavy atom. The number of carboxylic acids is 1. The van der Waals surface area contributed by atoms with Gasteiger partial charge in [0.25, 0.3) is 0 Å². The predicted octanol–water partition coefficient (Wildman–Crippen LogP) is -0.425. The van der Waals surface area contributed by atoms with Crippen molar-refractivity contribution in [1.82, 2.24) is 40.1 Å². The van der Waals surface area contributed by atoms with E-state index in [1.165, 1.54) is 17.3 Å². The minimum atomic E-state index is -1.02. The first-order valence-corrected chi connectivity index (χ1v) is 5.85. The van der Waals surface area contributed by atoms with Crippen molar-refractivity contribution in [2.75, 3.05) is 0 Å². The first kappa shape index (κ1) is 11.5. The van der Waals surface area contributed by atoms with Gasteiger partial charge in [-0.15, -0.1) is 5.10 Å². The Hall–Kier alpha value is -2.56. The van der Waals surface area contributed by atoms with E-state index in [0.717, 1.165) is 11.8 Å². The SMILES string of the molecule is O=C(O)Cn1nnnc1Sc1ncnc2nc[nH]c12. The van der Waals surface area contributed by atoms with Gasteiger partial charge in [-0.25, -0.2) is 19.6 Å². The van der Waals surface area contributed by atoms with Crippen LogP contribution in [0.2, 0.25) is 0 Å². The third kappa shape index (κ3) is 2.22. The minimum Gasteiger partial charge on any atom is -0.480 e. The molecule has 0 radical (unpaired) electrons. The van der Waals surface area contributed by atoms with Gasteiger partial charge in [-0.2, -0.15) is 0 Å². The summed E-state index contributed by atoms with van der Waals surface area (Å²) in [7, 11) is 0. The van der Waals surface area contributed by atoms with Crippen LogP contribution in [-0.4, -0.2) is 51.2 Å². The largest absolute Gasteiger partial charge is 0.480 e. The molecule has 3 aromatic rings. The van der Waals surface area contributed by atoms with Crippen LogP contribution >= 0.6 is 11.8 Å². The Labute approximate surface area is 109 Å². The van der Waals surface area contributed by atoms with E-state index in [1.54, 1.807) is 0 Å². The summed E-state index contributed by atoms with van der Waals surface area (Å²) in [6.45, 7) is -0.313. The Kier molecular flexibility index (Phi) is 2.79. The first-order valence-electron chi connectivity index (χ1n) is 5.04. The molecular formula is C8H6N8O2S. The molecule has 0 bridgehead atoms. The lowest BCUT2D eigenvalue weighted by atomic mass is 10.6. The monoisotopic (exact) mass is 278 g/mol. The highest BCUT2D eigenvalue weighted by Gasteiger charge is 2.14. The maximum atomic E-state index is 10.7. The zero-order valence-electron chi connectivity index (χ0n) is 9.26. The molecule has 0 aliphatic rings. The highest BCUT2D eigenvalue weighted by atomic mass is 32.2. The lowest BCUT2D eigenvalue weighted by molar-refractivity contribution is -0.138. The van der Waals surface area contributed by atoms with Gasteiger partial charge < -0.3 is 10.1 Å². The van der Waals surface area contributed by atoms with Crippen molar-refractivity contribution < 1.29 is 9.90 Å². The number of tetrazole rings is 1. The van der Waals surface area contributed by atoms with Gasteiger partial charge >= 0.3 is 5.97 Å². The fraction of sp³-hybridized carbons (Fsp3) is 0.125. The number of nitrogens with one attached hydrogen (secondary N) is 1. The Balaban J connectivity index is 1.95. The van der Waals surface area contributed by atoms with E-state index >= 15 is 0 Å². The number of imidazole rings is 1. The molecule has 10 nitrogen and oxygen atoms in total. The van der Waals surface area contributed by atoms with Crippen molar-refractivity contribution in [2.24, 2.45) is 0 Å². The number of aliphatic carboxylic acids is 1. The smallest absolute Gasteiger partial charge is 0.325 e. The number of nitrogens with zero attached hydrogens (tertiary/aromatic N) is 7. The second-order valence-corrected chi connectivity index (χ2v) is 4.35. The van der Waals surface area contributed by atoms with Crippen molar-refractivity contribution in [3.63, 3.8) is 0 Å². The summed E-state index contributed by atoms with van der Waals surface area (Å²) in [4.78, 5) is 25.7. The molecule has 0 saturated carbocycles. The molecule has 0 aliphatic carbocycles. The molecular weight excluding hydrogens is 272 g/mol. The van der Waals surface area contributed by atoms with E-state index in [9.17, 15) is 4.79 Å². The summed E-state index contributed by atoms with van der Waals surface area (Å²) in [6.07, 6.45) is 2.88. The predicted molar refractivity (Wildman–Crippen MR) is 61.3 cm³/mol. The third-order valence-electron chi connectivity index (χ3n) is 2.16. The van der Waals surface area contributed by atoms with Crippen LogP contribution in [0, 0.1) is 0 Å². The first-order chi connectivity index (χ1) is 9.24. The average Bonchev–Trinajstić information content (AvgIpc) is 2.99. The quantitative estimate of drug-likeness (QED) is 0.609. The summed E-state index contributed by atoms with van der Waals surface area (Å²) in [5.74, 6) is -1.02. The van der Waals surface area contributed by atoms with E-state index in [-0.39, 0.29) is 6.54 Å². The van der Waals surface area contributed by atoms with Crippen molar-refractivity contribution >= 4 is 28.9 Å². The lowest BCUT2D eigenvalue weighted by Crippen LogP contribution is -2.11. The van der Waals surface area contributed by atoms with Crippen LogP contribution in [0.3, 0.4) is 0 Å². The van der Waals surface area contributed by atoms with Crippen LogP contribution in [0.15, 0.2) is 22.8 Å². The van der Waals surface area contributed by atoms with Gasteiger partial charge in [-0.3, -0.25) is 4.79 Å². The highest BCUT2D eigenvalue weighted by molar-refractivity contribution is 7.99. The lowest BCUT2D eigenvalue weighted by Gasteiger charge is -2.01. The summed E-state index contributed by atoms with van der Waals surface area (Å²) in [5.41, 5.74) is 1.17. The molecule has 19 heavy (non-hydrogen) atoms. The maximum absolute atomic E-state index is 10.7. The number of fused-ring (bicyclic) bond motifs is 1. The van der Waals surface area contributed by atoms with Crippen LogP contribution in [0.25, 0.3) is 11.2 Å². The number of hydrogen-bond acceptors (Lipinski definition) is 8. The summed E-state index contributed by atoms with van der Waals surface area (Å²) in [5, 5.41) is 20.5. The maximum Gasteiger partial charge on any atom is 0.325 e. The van der Waals surface area contributed by atoms with Gasteiger partial charge in [0.2, 0.25) is 5.16 Å². The minimum absolute atomic E-state index is 0.313. The second-order valence-electron chi connectivity index (χ2n) is 3.39. The van der Waals surface area contributed by atoms with Gasteiger partial charge in [-0.05, 0) is 22.2 Å². The molecule has 0 aliphatic heterocycles. The number of rotatable bonds is 4. The molecule has 96 valence electrons. The number of aromatic amines is 1. The number of carboxylic acid groups (broad SMARTS) is 1. The number of hydrogen-bond donors (Lipinski definition) is 2. The van der Waals surface area contributed by atoms with E-state index in [4.69, 9.17) is 5.11 Å². The standard InChI is InChI=1S/C8H6N8O2S/c17-4(18)1-16-8(13-14-15-16)19-7-5-6(10-2-9-5)11-3-12-7/h2-3H,1H2,(H,17,18)(H,9,10,11,12). The van der Waals surface area contributed by atoms with E-state index in [0.29, 0.717) is 21.3 Å². The summed E-state index contributed by atoms with van der Waals surface area (Å²) < 4.78 is 1.18. The molecule has 0 atom stereocenters. The molecule has 0 spiro atoms. The molecule has 3 heterocycles. The zero-order chi connectivity index (χ0) is 13.2. The second kappa shape index (κ2) is 4.61. The van der Waals surface area contributed by atoms with Crippen LogP contribution in [0.4, 0.5) is 0 Å². The molecule has 0 aromatic carbocycles. The van der Waals surface area contributed by atoms with E-state index in [1.807, 2.05) is 0 Å². The molecule has 0 unspecified atom stereocenters. The Morgan fingerprint density at radius 2 is 2.32 bits per heavy atom. The molecule has 0 amide bonds.